The Morgan fingerprint density at radius 2 is 1.59 bits per heavy atom. The van der Waals surface area contributed by atoms with Gasteiger partial charge in [-0.3, -0.25) is 9.59 Å². The zero-order valence-electron chi connectivity index (χ0n) is 21.7. The van der Waals surface area contributed by atoms with Crippen LogP contribution in [0, 0.1) is 6.92 Å². The highest BCUT2D eigenvalue weighted by Crippen LogP contribution is 2.21. The minimum absolute atomic E-state index is 0.110. The van der Waals surface area contributed by atoms with Crippen molar-refractivity contribution in [1.29, 1.82) is 0 Å². The maximum atomic E-state index is 13.7. The van der Waals surface area contributed by atoms with Gasteiger partial charge in [0.1, 0.15) is 17.5 Å². The Balaban J connectivity index is 1.59. The second-order valence-corrected chi connectivity index (χ2v) is 9.67. The van der Waals surface area contributed by atoms with Crippen LogP contribution in [-0.4, -0.2) is 42.5 Å². The Morgan fingerprint density at radius 3 is 2.27 bits per heavy atom. The van der Waals surface area contributed by atoms with Gasteiger partial charge in [-0.2, -0.15) is 0 Å². The van der Waals surface area contributed by atoms with E-state index in [1.807, 2.05) is 55.5 Å². The molecule has 1 fully saturated rings. The molecule has 1 unspecified atom stereocenters. The molecule has 4 rings (SSSR count). The molecule has 1 saturated carbocycles. The minimum Gasteiger partial charge on any atom is -0.497 e. The lowest BCUT2D eigenvalue weighted by Crippen LogP contribution is -2.53. The van der Waals surface area contributed by atoms with E-state index in [9.17, 15) is 9.59 Å². The minimum atomic E-state index is -0.657. The van der Waals surface area contributed by atoms with E-state index in [4.69, 9.17) is 9.47 Å². The van der Waals surface area contributed by atoms with Crippen LogP contribution >= 0.6 is 0 Å². The number of rotatable bonds is 11. The number of nitrogens with one attached hydrogen (secondary N) is 1. The largest absolute Gasteiger partial charge is 0.497 e. The van der Waals surface area contributed by atoms with Crippen LogP contribution in [0.2, 0.25) is 0 Å². The van der Waals surface area contributed by atoms with E-state index >= 15 is 0 Å². The van der Waals surface area contributed by atoms with Crippen molar-refractivity contribution < 1.29 is 19.1 Å². The van der Waals surface area contributed by atoms with E-state index in [2.05, 4.69) is 11.4 Å². The van der Waals surface area contributed by atoms with Crippen LogP contribution in [0.15, 0.2) is 78.9 Å². The van der Waals surface area contributed by atoms with Crippen molar-refractivity contribution in [3.63, 3.8) is 0 Å². The molecule has 1 aliphatic carbocycles. The van der Waals surface area contributed by atoms with Crippen molar-refractivity contribution in [3.8, 4) is 11.5 Å². The number of aryl methyl sites for hydroxylation is 1. The predicted octanol–water partition coefficient (Wildman–Crippen LogP) is 5.08. The molecule has 0 aliphatic heterocycles. The number of hydrogen-bond acceptors (Lipinski definition) is 4. The number of carbonyl (C=O) groups excluding carboxylic acids is 2. The first-order valence-corrected chi connectivity index (χ1v) is 13.0. The van der Waals surface area contributed by atoms with Crippen molar-refractivity contribution in [1.82, 2.24) is 10.2 Å². The SMILES string of the molecule is COc1ccc(OCC(=O)N(Cc2cccc(C)c2)C(Cc2ccccc2)C(=O)NC2CCCC2)cc1. The van der Waals surface area contributed by atoms with E-state index in [-0.39, 0.29) is 24.5 Å². The highest BCUT2D eigenvalue weighted by molar-refractivity contribution is 5.88. The van der Waals surface area contributed by atoms with Crippen molar-refractivity contribution >= 4 is 11.8 Å². The zero-order valence-corrected chi connectivity index (χ0v) is 21.7. The van der Waals surface area contributed by atoms with E-state index in [0.717, 1.165) is 42.4 Å². The van der Waals surface area contributed by atoms with Crippen molar-refractivity contribution in [2.24, 2.45) is 0 Å². The molecule has 6 heteroatoms. The van der Waals surface area contributed by atoms with Crippen LogP contribution in [0.3, 0.4) is 0 Å². The third-order valence-corrected chi connectivity index (χ3v) is 6.83. The molecule has 0 radical (unpaired) electrons. The summed E-state index contributed by atoms with van der Waals surface area (Å²) in [7, 11) is 1.60. The summed E-state index contributed by atoms with van der Waals surface area (Å²) in [5, 5.41) is 3.23. The smallest absolute Gasteiger partial charge is 0.261 e. The number of amides is 2. The molecule has 0 saturated heterocycles. The highest BCUT2D eigenvalue weighted by atomic mass is 16.5. The van der Waals surface area contributed by atoms with E-state index < -0.39 is 6.04 Å². The molecule has 0 spiro atoms. The Kier molecular flexibility index (Phi) is 9.19. The summed E-state index contributed by atoms with van der Waals surface area (Å²) in [6.07, 6.45) is 4.64. The topological polar surface area (TPSA) is 67.9 Å². The van der Waals surface area contributed by atoms with E-state index in [1.165, 1.54) is 0 Å². The van der Waals surface area contributed by atoms with E-state index in [1.54, 1.807) is 36.3 Å². The number of hydrogen-bond donors (Lipinski definition) is 1. The van der Waals surface area contributed by atoms with Gasteiger partial charge in [0.15, 0.2) is 6.61 Å². The van der Waals surface area contributed by atoms with Gasteiger partial charge in [-0.25, -0.2) is 0 Å². The molecule has 0 bridgehead atoms. The fourth-order valence-corrected chi connectivity index (χ4v) is 4.83. The Morgan fingerprint density at radius 1 is 0.919 bits per heavy atom. The Hall–Kier alpha value is -3.80. The maximum absolute atomic E-state index is 13.7. The first-order chi connectivity index (χ1) is 18.0. The monoisotopic (exact) mass is 500 g/mol. The van der Waals surface area contributed by atoms with Gasteiger partial charge in [-0.05, 0) is 55.2 Å². The van der Waals surface area contributed by atoms with Crippen molar-refractivity contribution in [2.45, 2.75) is 57.7 Å². The molecule has 1 N–H and O–H groups in total. The van der Waals surface area contributed by atoms with Gasteiger partial charge in [0.25, 0.3) is 5.91 Å². The van der Waals surface area contributed by atoms with E-state index in [0.29, 0.717) is 24.5 Å². The lowest BCUT2D eigenvalue weighted by atomic mass is 10.0. The van der Waals surface area contributed by atoms with Gasteiger partial charge >= 0.3 is 0 Å². The molecule has 194 valence electrons. The molecular formula is C31H36N2O4. The molecular weight excluding hydrogens is 464 g/mol. The number of benzene rings is 3. The van der Waals surface area contributed by atoms with Gasteiger partial charge in [-0.1, -0.05) is 73.0 Å². The first kappa shape index (κ1) is 26.3. The van der Waals surface area contributed by atoms with Crippen LogP contribution in [0.5, 0.6) is 11.5 Å². The fourth-order valence-electron chi connectivity index (χ4n) is 4.83. The van der Waals surface area contributed by atoms with Gasteiger partial charge < -0.3 is 19.7 Å². The second-order valence-electron chi connectivity index (χ2n) is 9.67. The first-order valence-electron chi connectivity index (χ1n) is 13.0. The number of nitrogens with zero attached hydrogens (tertiary/aromatic N) is 1. The standard InChI is InChI=1S/C31H36N2O4/c1-23-9-8-12-25(19-23)21-33(30(34)22-37-28-17-15-27(36-2)16-18-28)29(20-24-10-4-3-5-11-24)31(35)32-26-13-6-7-14-26/h3-5,8-12,15-19,26,29H,6-7,13-14,20-22H2,1-2H3,(H,32,35). The van der Waals surface area contributed by atoms with Crippen LogP contribution in [0.25, 0.3) is 0 Å². The van der Waals surface area contributed by atoms with Crippen LogP contribution in [0.1, 0.15) is 42.4 Å². The Labute approximate surface area is 219 Å². The van der Waals surface area contributed by atoms with Gasteiger partial charge in [0.2, 0.25) is 5.91 Å². The van der Waals surface area contributed by atoms with Gasteiger partial charge in [0, 0.05) is 19.0 Å². The summed E-state index contributed by atoms with van der Waals surface area (Å²) >= 11 is 0. The maximum Gasteiger partial charge on any atom is 0.261 e. The fraction of sp³-hybridized carbons (Fsp3) is 0.355. The average molecular weight is 501 g/mol. The second kappa shape index (κ2) is 12.9. The third kappa shape index (κ3) is 7.59. The molecule has 0 aromatic heterocycles. The summed E-state index contributed by atoms with van der Waals surface area (Å²) in [5.41, 5.74) is 3.09. The van der Waals surface area contributed by atoms with Gasteiger partial charge in [-0.15, -0.1) is 0 Å². The van der Waals surface area contributed by atoms with Crippen molar-refractivity contribution in [3.05, 3.63) is 95.6 Å². The molecule has 6 nitrogen and oxygen atoms in total. The van der Waals surface area contributed by atoms with Crippen LogP contribution < -0.4 is 14.8 Å². The van der Waals surface area contributed by atoms with Crippen LogP contribution in [0.4, 0.5) is 0 Å². The molecule has 3 aromatic rings. The molecule has 1 aliphatic rings. The summed E-state index contributed by atoms with van der Waals surface area (Å²) in [6, 6.07) is 24.5. The third-order valence-electron chi connectivity index (χ3n) is 6.83. The summed E-state index contributed by atoms with van der Waals surface area (Å²) in [6.45, 7) is 2.18. The molecule has 0 heterocycles. The number of carbonyl (C=O) groups is 2. The highest BCUT2D eigenvalue weighted by Gasteiger charge is 2.32. The summed E-state index contributed by atoms with van der Waals surface area (Å²) < 4.78 is 11.0. The quantitative estimate of drug-likeness (QED) is 0.399. The molecule has 1 atom stereocenters. The van der Waals surface area contributed by atoms with Gasteiger partial charge in [0.05, 0.1) is 7.11 Å². The average Bonchev–Trinajstić information content (AvgIpc) is 3.43. The lowest BCUT2D eigenvalue weighted by molar-refractivity contribution is -0.143. The molecule has 3 aromatic carbocycles. The predicted molar refractivity (Wildman–Crippen MR) is 145 cm³/mol. The molecule has 37 heavy (non-hydrogen) atoms. The number of ether oxygens (including phenoxy) is 2. The zero-order chi connectivity index (χ0) is 26.0. The summed E-state index contributed by atoms with van der Waals surface area (Å²) in [5.74, 6) is 0.937. The molecule has 2 amide bonds. The van der Waals surface area contributed by atoms with Crippen LogP contribution in [-0.2, 0) is 22.6 Å². The summed E-state index contributed by atoms with van der Waals surface area (Å²) in [4.78, 5) is 29.1. The number of methoxy groups -OCH3 is 1. The lowest BCUT2D eigenvalue weighted by Gasteiger charge is -2.32. The normalized spacial score (nSPS) is 14.1. The Bertz CT molecular complexity index is 1160. The van der Waals surface area contributed by atoms with Crippen molar-refractivity contribution in [2.75, 3.05) is 13.7 Å².